The lowest BCUT2D eigenvalue weighted by Gasteiger charge is -1.99. The fourth-order valence-corrected chi connectivity index (χ4v) is 2.68. The highest BCUT2D eigenvalue weighted by Gasteiger charge is 2.18. The van der Waals surface area contributed by atoms with E-state index in [4.69, 9.17) is 5.11 Å². The van der Waals surface area contributed by atoms with Crippen LogP contribution in [0.15, 0.2) is 29.4 Å². The summed E-state index contributed by atoms with van der Waals surface area (Å²) in [4.78, 5) is 14.0. The number of hydrogen-bond donors (Lipinski definition) is 2. The molecular weight excluding hydrogens is 248 g/mol. The zero-order valence-electron chi connectivity index (χ0n) is 10.3. The monoisotopic (exact) mass is 265 g/mol. The van der Waals surface area contributed by atoms with E-state index < -0.39 is 5.97 Å². The first kappa shape index (κ1) is 13.0. The first-order chi connectivity index (χ1) is 8.72. The summed E-state index contributed by atoms with van der Waals surface area (Å²) in [5.74, 6) is -0.709. The van der Waals surface area contributed by atoms with Crippen LogP contribution in [0.25, 0.3) is 11.0 Å². The van der Waals surface area contributed by atoms with Gasteiger partial charge in [-0.15, -0.1) is 0 Å². The number of thioether (sulfide) groups is 1. The zero-order valence-corrected chi connectivity index (χ0v) is 11.2. The fourth-order valence-electron chi connectivity index (χ4n) is 1.89. The number of hydrogen-bond acceptors (Lipinski definition) is 2. The Kier molecular flexibility index (Phi) is 4.25. The zero-order chi connectivity index (χ0) is 13.0. The molecule has 2 rings (SSSR count). The Hall–Kier alpha value is -1.49. The van der Waals surface area contributed by atoms with E-state index in [-0.39, 0.29) is 5.75 Å². The molecule has 1 aromatic carbocycles. The predicted octanol–water partition coefficient (Wildman–Crippen LogP) is 2.43. The predicted molar refractivity (Wildman–Crippen MR) is 71.8 cm³/mol. The molecule has 0 aliphatic heterocycles. The fraction of sp³-hybridized carbons (Fsp3) is 0.385. The van der Waals surface area contributed by atoms with Crippen molar-refractivity contribution in [2.45, 2.75) is 31.5 Å². The highest BCUT2D eigenvalue weighted by Crippen LogP contribution is 2.17. The average Bonchev–Trinajstić information content (AvgIpc) is 2.71. The summed E-state index contributed by atoms with van der Waals surface area (Å²) >= 11 is 1.34. The standard InChI is InChI=1S/C13H16N2O2S/c1-2-3-8-15-11-7-5-4-6-10(11)14-13(15)18-9-12(16)17/h4-7H,2-3,8-9H2,1H3,(H,16,17)/p+1. The molecule has 0 unspecified atom stereocenters. The molecule has 1 heterocycles. The molecule has 5 heteroatoms. The van der Waals surface area contributed by atoms with Crippen LogP contribution >= 0.6 is 11.8 Å². The number of carbonyl (C=O) groups is 1. The third kappa shape index (κ3) is 2.85. The van der Waals surface area contributed by atoms with Gasteiger partial charge in [-0.05, 0) is 30.3 Å². The van der Waals surface area contributed by atoms with Gasteiger partial charge >= 0.3 is 11.1 Å². The smallest absolute Gasteiger partial charge is 0.317 e. The minimum atomic E-state index is -0.791. The van der Waals surface area contributed by atoms with E-state index in [0.717, 1.165) is 35.6 Å². The summed E-state index contributed by atoms with van der Waals surface area (Å²) in [7, 11) is 0. The van der Waals surface area contributed by atoms with Gasteiger partial charge in [-0.1, -0.05) is 25.5 Å². The Bertz CT molecular complexity index is 551. The molecule has 1 aromatic heterocycles. The lowest BCUT2D eigenvalue weighted by Crippen LogP contribution is -2.35. The number of unbranched alkanes of at least 4 members (excludes halogenated alkanes) is 1. The number of nitrogens with one attached hydrogen (secondary N) is 1. The van der Waals surface area contributed by atoms with Gasteiger partial charge in [-0.2, -0.15) is 0 Å². The van der Waals surface area contributed by atoms with Gasteiger partial charge in [0.15, 0.2) is 11.0 Å². The van der Waals surface area contributed by atoms with E-state index in [1.165, 1.54) is 11.8 Å². The number of para-hydroxylation sites is 2. The molecular formula is C13H17N2O2S+. The summed E-state index contributed by atoms with van der Waals surface area (Å²) in [6.45, 7) is 3.07. The number of aromatic amines is 1. The number of carboxylic acids is 1. The first-order valence-corrected chi connectivity index (χ1v) is 7.06. The Balaban J connectivity index is 2.33. The molecule has 2 N–H and O–H groups in total. The van der Waals surface area contributed by atoms with Crippen LogP contribution in [-0.2, 0) is 11.3 Å². The van der Waals surface area contributed by atoms with Crippen LogP contribution in [0.5, 0.6) is 0 Å². The Morgan fingerprint density at radius 1 is 1.44 bits per heavy atom. The Labute approximate surface area is 110 Å². The molecule has 0 aliphatic carbocycles. The highest BCUT2D eigenvalue weighted by atomic mass is 32.2. The van der Waals surface area contributed by atoms with E-state index >= 15 is 0 Å². The van der Waals surface area contributed by atoms with Crippen LogP contribution in [0.4, 0.5) is 0 Å². The van der Waals surface area contributed by atoms with Gasteiger partial charge in [-0.3, -0.25) is 4.79 Å². The van der Waals surface area contributed by atoms with Crippen LogP contribution in [0, 0.1) is 0 Å². The molecule has 0 fully saturated rings. The molecule has 2 aromatic rings. The normalized spacial score (nSPS) is 10.9. The maximum atomic E-state index is 10.7. The summed E-state index contributed by atoms with van der Waals surface area (Å²) in [6.07, 6.45) is 2.21. The Morgan fingerprint density at radius 3 is 2.94 bits per heavy atom. The van der Waals surface area contributed by atoms with Crippen molar-refractivity contribution in [2.24, 2.45) is 0 Å². The average molecular weight is 265 g/mol. The van der Waals surface area contributed by atoms with Gasteiger partial charge < -0.3 is 5.11 Å². The number of H-pyrrole nitrogens is 1. The molecule has 0 amide bonds. The first-order valence-electron chi connectivity index (χ1n) is 6.07. The maximum absolute atomic E-state index is 10.7. The third-order valence-corrected chi connectivity index (χ3v) is 3.74. The van der Waals surface area contributed by atoms with Gasteiger partial charge in [-0.25, -0.2) is 9.55 Å². The SMILES string of the molecule is CCCC[n+]1c(SCC(=O)O)[nH]c2ccccc21. The second-order valence-electron chi connectivity index (χ2n) is 4.13. The van der Waals surface area contributed by atoms with Crippen molar-refractivity contribution >= 4 is 28.8 Å². The maximum Gasteiger partial charge on any atom is 0.317 e. The summed E-state index contributed by atoms with van der Waals surface area (Å²) < 4.78 is 2.17. The van der Waals surface area contributed by atoms with Crippen LogP contribution < -0.4 is 4.57 Å². The largest absolute Gasteiger partial charge is 0.481 e. The third-order valence-electron chi connectivity index (χ3n) is 2.75. The second-order valence-corrected chi connectivity index (χ2v) is 5.10. The lowest BCUT2D eigenvalue weighted by molar-refractivity contribution is -0.708. The topological polar surface area (TPSA) is 57.0 Å². The molecule has 0 spiro atoms. The van der Waals surface area contributed by atoms with Crippen molar-refractivity contribution < 1.29 is 14.5 Å². The number of aryl methyl sites for hydroxylation is 1. The molecule has 96 valence electrons. The number of imidazole rings is 1. The second kappa shape index (κ2) is 5.91. The van der Waals surface area contributed by atoms with Gasteiger partial charge in [0.2, 0.25) is 0 Å². The summed E-state index contributed by atoms with van der Waals surface area (Å²) in [5.41, 5.74) is 2.19. The number of benzene rings is 1. The van der Waals surface area contributed by atoms with E-state index in [2.05, 4.69) is 22.5 Å². The minimum absolute atomic E-state index is 0.0823. The van der Waals surface area contributed by atoms with Gasteiger partial charge in [0, 0.05) is 0 Å². The molecule has 0 saturated heterocycles. The number of nitrogens with zero attached hydrogens (tertiary/aromatic N) is 1. The quantitative estimate of drug-likeness (QED) is 0.623. The van der Waals surface area contributed by atoms with Crippen molar-refractivity contribution in [3.8, 4) is 0 Å². The molecule has 18 heavy (non-hydrogen) atoms. The number of rotatable bonds is 6. The van der Waals surface area contributed by atoms with Gasteiger partial charge in [0.25, 0.3) is 0 Å². The molecule has 0 radical (unpaired) electrons. The molecule has 0 bridgehead atoms. The van der Waals surface area contributed by atoms with Crippen molar-refractivity contribution in [1.29, 1.82) is 0 Å². The van der Waals surface area contributed by atoms with Gasteiger partial charge in [0.05, 0.1) is 6.54 Å². The van der Waals surface area contributed by atoms with Crippen molar-refractivity contribution in [1.82, 2.24) is 4.98 Å². The van der Waals surface area contributed by atoms with Crippen molar-refractivity contribution in [3.05, 3.63) is 24.3 Å². The molecule has 0 aliphatic rings. The highest BCUT2D eigenvalue weighted by molar-refractivity contribution is 7.99. The van der Waals surface area contributed by atoms with Crippen LogP contribution in [0.2, 0.25) is 0 Å². The van der Waals surface area contributed by atoms with Crippen LogP contribution in [0.1, 0.15) is 19.8 Å². The lowest BCUT2D eigenvalue weighted by atomic mass is 10.3. The van der Waals surface area contributed by atoms with E-state index in [0.29, 0.717) is 0 Å². The van der Waals surface area contributed by atoms with Crippen molar-refractivity contribution in [2.75, 3.05) is 5.75 Å². The minimum Gasteiger partial charge on any atom is -0.481 e. The number of fused-ring (bicyclic) bond motifs is 1. The molecule has 0 atom stereocenters. The number of carboxylic acid groups (broad SMARTS) is 1. The summed E-state index contributed by atoms with van der Waals surface area (Å²) in [5, 5.41) is 9.70. The summed E-state index contributed by atoms with van der Waals surface area (Å²) in [6, 6.07) is 8.06. The van der Waals surface area contributed by atoms with E-state index in [1.54, 1.807) is 0 Å². The molecule has 0 saturated carbocycles. The van der Waals surface area contributed by atoms with Crippen LogP contribution in [-0.4, -0.2) is 21.8 Å². The van der Waals surface area contributed by atoms with Crippen LogP contribution in [0.3, 0.4) is 0 Å². The Morgan fingerprint density at radius 2 is 2.22 bits per heavy atom. The molecule has 4 nitrogen and oxygen atoms in total. The van der Waals surface area contributed by atoms with E-state index in [1.807, 2.05) is 18.2 Å². The van der Waals surface area contributed by atoms with Gasteiger partial charge in [0.1, 0.15) is 5.75 Å². The van der Waals surface area contributed by atoms with E-state index in [9.17, 15) is 4.79 Å². The van der Waals surface area contributed by atoms with Crippen molar-refractivity contribution in [3.63, 3.8) is 0 Å². The number of aliphatic carboxylic acids is 1. The number of aromatic nitrogens is 2.